The number of allylic oxidation sites excluding steroid dienone is 2. The highest BCUT2D eigenvalue weighted by molar-refractivity contribution is 5.76. The molecule has 1 heterocycles. The quantitative estimate of drug-likeness (QED) is 0.445. The molecule has 5 aliphatic rings. The minimum absolute atomic E-state index is 0.0270. The van der Waals surface area contributed by atoms with E-state index >= 15 is 0 Å². The Bertz CT molecular complexity index is 621. The van der Waals surface area contributed by atoms with Gasteiger partial charge in [-0.1, -0.05) is 25.5 Å². The zero-order valence-corrected chi connectivity index (χ0v) is 15.0. The first-order valence-corrected chi connectivity index (χ1v) is 10.2. The van der Waals surface area contributed by atoms with Crippen LogP contribution in [0.15, 0.2) is 12.2 Å². The normalized spacial score (nSPS) is 49.3. The molecule has 4 nitrogen and oxygen atoms in total. The maximum Gasteiger partial charge on any atom is 0.309 e. The Morgan fingerprint density at radius 1 is 1.24 bits per heavy atom. The second-order valence-corrected chi connectivity index (χ2v) is 9.11. The van der Waals surface area contributed by atoms with Crippen LogP contribution in [0.25, 0.3) is 0 Å². The van der Waals surface area contributed by atoms with Gasteiger partial charge < -0.3 is 9.47 Å². The summed E-state index contributed by atoms with van der Waals surface area (Å²) < 4.78 is 11.2. The average molecular weight is 344 g/mol. The fraction of sp³-hybridized carbons (Fsp3) is 0.810. The lowest BCUT2D eigenvalue weighted by Crippen LogP contribution is -2.45. The van der Waals surface area contributed by atoms with Crippen molar-refractivity contribution in [1.82, 2.24) is 0 Å². The molecule has 0 aromatic carbocycles. The van der Waals surface area contributed by atoms with Crippen LogP contribution >= 0.6 is 0 Å². The zero-order chi connectivity index (χ0) is 17.2. The van der Waals surface area contributed by atoms with Crippen molar-refractivity contribution in [3.8, 4) is 0 Å². The monoisotopic (exact) mass is 344 g/mol. The van der Waals surface area contributed by atoms with Crippen LogP contribution < -0.4 is 0 Å². The maximum absolute atomic E-state index is 13.1. The van der Waals surface area contributed by atoms with Gasteiger partial charge >= 0.3 is 11.9 Å². The van der Waals surface area contributed by atoms with Crippen LogP contribution in [0, 0.1) is 41.4 Å². The number of esters is 2. The van der Waals surface area contributed by atoms with Gasteiger partial charge in [-0.25, -0.2) is 0 Å². The molecule has 5 rings (SSSR count). The van der Waals surface area contributed by atoms with Crippen LogP contribution in [0.3, 0.4) is 0 Å². The smallest absolute Gasteiger partial charge is 0.309 e. The van der Waals surface area contributed by atoms with Crippen molar-refractivity contribution >= 4 is 11.9 Å². The van der Waals surface area contributed by atoms with E-state index in [-0.39, 0.29) is 24.3 Å². The van der Waals surface area contributed by atoms with Crippen molar-refractivity contribution in [2.75, 3.05) is 6.61 Å². The first-order chi connectivity index (χ1) is 12.1. The number of carbonyl (C=O) groups excluding carboxylic acids is 2. The number of cyclic esters (lactones) is 1. The van der Waals surface area contributed by atoms with Crippen molar-refractivity contribution in [2.45, 2.75) is 57.5 Å². The molecular weight excluding hydrogens is 316 g/mol. The first-order valence-electron chi connectivity index (χ1n) is 10.2. The van der Waals surface area contributed by atoms with Crippen molar-refractivity contribution in [3.05, 3.63) is 12.2 Å². The number of fused-ring (bicyclic) bond motifs is 9. The Morgan fingerprint density at radius 2 is 2.04 bits per heavy atom. The Morgan fingerprint density at radius 3 is 2.80 bits per heavy atom. The average Bonchev–Trinajstić information content (AvgIpc) is 3.33. The maximum atomic E-state index is 13.1. The predicted molar refractivity (Wildman–Crippen MR) is 91.3 cm³/mol. The summed E-state index contributed by atoms with van der Waals surface area (Å²) in [6.45, 7) is 2.46. The van der Waals surface area contributed by atoms with Crippen LogP contribution in [0.5, 0.6) is 0 Å². The highest BCUT2D eigenvalue weighted by Gasteiger charge is 2.62. The lowest BCUT2D eigenvalue weighted by molar-refractivity contribution is -0.184. The summed E-state index contributed by atoms with van der Waals surface area (Å²) in [5.41, 5.74) is -0.614. The molecule has 1 aliphatic heterocycles. The summed E-state index contributed by atoms with van der Waals surface area (Å²) in [4.78, 5) is 24.9. The molecule has 136 valence electrons. The molecule has 8 unspecified atom stereocenters. The topological polar surface area (TPSA) is 52.6 Å². The molecule has 1 saturated heterocycles. The van der Waals surface area contributed by atoms with Crippen LogP contribution in [-0.2, 0) is 19.1 Å². The van der Waals surface area contributed by atoms with Crippen LogP contribution in [0.1, 0.15) is 51.9 Å². The van der Waals surface area contributed by atoms with Gasteiger partial charge in [-0.05, 0) is 61.2 Å². The third-order valence-electron chi connectivity index (χ3n) is 7.88. The van der Waals surface area contributed by atoms with Gasteiger partial charge in [0.2, 0.25) is 0 Å². The molecule has 4 bridgehead atoms. The summed E-state index contributed by atoms with van der Waals surface area (Å²) in [5, 5.41) is 0. The van der Waals surface area contributed by atoms with Crippen molar-refractivity contribution in [3.63, 3.8) is 0 Å². The molecule has 0 spiro atoms. The number of rotatable bonds is 4. The van der Waals surface area contributed by atoms with Crippen molar-refractivity contribution < 1.29 is 19.1 Å². The Labute approximate surface area is 149 Å². The molecule has 0 N–H and O–H groups in total. The van der Waals surface area contributed by atoms with Crippen LogP contribution in [-0.4, -0.2) is 24.1 Å². The standard InChI is InChI=1S/C21H28O4/c1-2-5-21(6-7-24-17(22)11-21)25-20(23)16-10-14-9-15(16)19-13-4-3-12(8-13)18(14)19/h3-4,12-16,18-19H,2,5-11H2,1H3. The van der Waals surface area contributed by atoms with Crippen LogP contribution in [0.2, 0.25) is 0 Å². The minimum atomic E-state index is -0.614. The number of hydrogen-bond acceptors (Lipinski definition) is 4. The van der Waals surface area contributed by atoms with E-state index in [1.165, 1.54) is 12.8 Å². The molecule has 3 saturated carbocycles. The number of hydrogen-bond donors (Lipinski definition) is 0. The summed E-state index contributed by atoms with van der Waals surface area (Å²) >= 11 is 0. The second-order valence-electron chi connectivity index (χ2n) is 9.11. The van der Waals surface area contributed by atoms with E-state index in [9.17, 15) is 9.59 Å². The van der Waals surface area contributed by atoms with E-state index in [0.717, 1.165) is 31.1 Å². The lowest BCUT2D eigenvalue weighted by Gasteiger charge is -2.39. The SMILES string of the molecule is CCCC1(OC(=O)C2CC3CC2C2C4C=CC(C4)C32)CCOC(=O)C1. The zero-order valence-electron chi connectivity index (χ0n) is 15.0. The fourth-order valence-corrected chi connectivity index (χ4v) is 7.14. The van der Waals surface area contributed by atoms with Gasteiger partial charge in [0.1, 0.15) is 5.60 Å². The van der Waals surface area contributed by atoms with Gasteiger partial charge in [0.15, 0.2) is 0 Å². The third-order valence-corrected chi connectivity index (χ3v) is 7.88. The molecule has 25 heavy (non-hydrogen) atoms. The van der Waals surface area contributed by atoms with E-state index in [0.29, 0.717) is 36.7 Å². The Kier molecular flexibility index (Phi) is 3.55. The molecule has 0 aromatic rings. The molecule has 0 radical (unpaired) electrons. The molecule has 0 aromatic heterocycles. The summed E-state index contributed by atoms with van der Waals surface area (Å²) in [6.07, 6.45) is 10.9. The first kappa shape index (κ1) is 15.9. The van der Waals surface area contributed by atoms with Gasteiger partial charge in [-0.15, -0.1) is 0 Å². The van der Waals surface area contributed by atoms with Gasteiger partial charge in [0, 0.05) is 6.42 Å². The fourth-order valence-electron chi connectivity index (χ4n) is 7.14. The summed E-state index contributed by atoms with van der Waals surface area (Å²) in [7, 11) is 0. The number of ether oxygens (including phenoxy) is 2. The van der Waals surface area contributed by atoms with Crippen molar-refractivity contribution in [1.29, 1.82) is 0 Å². The lowest BCUT2D eigenvalue weighted by atomic mass is 9.69. The van der Waals surface area contributed by atoms with E-state index in [1.807, 2.05) is 0 Å². The van der Waals surface area contributed by atoms with E-state index in [1.54, 1.807) is 0 Å². The molecule has 4 aliphatic carbocycles. The highest BCUT2D eigenvalue weighted by Crippen LogP contribution is 2.67. The Hall–Kier alpha value is -1.32. The third kappa shape index (κ3) is 2.32. The van der Waals surface area contributed by atoms with Gasteiger partial charge in [-0.2, -0.15) is 0 Å². The van der Waals surface area contributed by atoms with Gasteiger partial charge in [0.05, 0.1) is 18.9 Å². The van der Waals surface area contributed by atoms with E-state index < -0.39 is 5.60 Å². The molecule has 0 amide bonds. The summed E-state index contributed by atoms with van der Waals surface area (Å²) in [5.74, 6) is 4.06. The van der Waals surface area contributed by atoms with Crippen molar-refractivity contribution in [2.24, 2.45) is 41.4 Å². The molecule has 8 atom stereocenters. The second kappa shape index (κ2) is 5.59. The highest BCUT2D eigenvalue weighted by atomic mass is 16.6. The summed E-state index contributed by atoms with van der Waals surface area (Å²) in [6, 6.07) is 0. The van der Waals surface area contributed by atoms with E-state index in [4.69, 9.17) is 9.47 Å². The molecule has 4 fully saturated rings. The molecular formula is C21H28O4. The van der Waals surface area contributed by atoms with Crippen LogP contribution in [0.4, 0.5) is 0 Å². The van der Waals surface area contributed by atoms with Gasteiger partial charge in [0.25, 0.3) is 0 Å². The minimum Gasteiger partial charge on any atom is -0.465 e. The van der Waals surface area contributed by atoms with E-state index in [2.05, 4.69) is 19.1 Å². The number of carbonyl (C=O) groups is 2. The predicted octanol–water partition coefficient (Wildman–Crippen LogP) is 3.50. The largest absolute Gasteiger partial charge is 0.465 e. The molecule has 4 heteroatoms. The van der Waals surface area contributed by atoms with Gasteiger partial charge in [-0.3, -0.25) is 9.59 Å². The Balaban J connectivity index is 1.32.